The summed E-state index contributed by atoms with van der Waals surface area (Å²) in [4.78, 5) is 29.0. The number of aryl methyl sites for hydroxylation is 2. The Morgan fingerprint density at radius 2 is 2.04 bits per heavy atom. The van der Waals surface area contributed by atoms with E-state index in [1.807, 2.05) is 25.1 Å². The van der Waals surface area contributed by atoms with Crippen molar-refractivity contribution in [2.24, 2.45) is 0 Å². The summed E-state index contributed by atoms with van der Waals surface area (Å²) in [5, 5.41) is 12.2. The van der Waals surface area contributed by atoms with Crippen LogP contribution in [0.3, 0.4) is 0 Å². The second kappa shape index (κ2) is 6.64. The van der Waals surface area contributed by atoms with Crippen LogP contribution < -0.4 is 10.9 Å². The van der Waals surface area contributed by atoms with E-state index in [1.54, 1.807) is 35.6 Å². The Balaban J connectivity index is 1.46. The molecule has 0 aliphatic heterocycles. The molecular formula is C18H15N5O2S. The van der Waals surface area contributed by atoms with Gasteiger partial charge in [0, 0.05) is 12.1 Å². The minimum atomic E-state index is -0.245. The molecular weight excluding hydrogens is 350 g/mol. The van der Waals surface area contributed by atoms with Gasteiger partial charge in [-0.3, -0.25) is 9.59 Å². The number of thiazole rings is 1. The highest BCUT2D eigenvalue weighted by Crippen LogP contribution is 2.24. The van der Waals surface area contributed by atoms with E-state index in [9.17, 15) is 9.59 Å². The third-order valence-corrected chi connectivity index (χ3v) is 4.89. The van der Waals surface area contributed by atoms with E-state index in [-0.39, 0.29) is 24.4 Å². The molecule has 2 aromatic carbocycles. The van der Waals surface area contributed by atoms with Crippen LogP contribution in [0.4, 0.5) is 5.69 Å². The van der Waals surface area contributed by atoms with E-state index in [0.717, 1.165) is 15.2 Å². The van der Waals surface area contributed by atoms with Crippen LogP contribution in [0.5, 0.6) is 0 Å². The van der Waals surface area contributed by atoms with Crippen LogP contribution in [-0.2, 0) is 11.3 Å². The van der Waals surface area contributed by atoms with Gasteiger partial charge in [-0.25, -0.2) is 9.67 Å². The normalized spacial score (nSPS) is 11.1. The number of rotatable bonds is 4. The molecule has 0 saturated carbocycles. The van der Waals surface area contributed by atoms with Gasteiger partial charge in [0.1, 0.15) is 5.52 Å². The smallest absolute Gasteiger partial charge is 0.277 e. The second-order valence-corrected chi connectivity index (χ2v) is 7.08. The summed E-state index contributed by atoms with van der Waals surface area (Å²) in [5.74, 6) is -0.188. The lowest BCUT2D eigenvalue weighted by molar-refractivity contribution is -0.116. The van der Waals surface area contributed by atoms with Crippen molar-refractivity contribution in [3.05, 3.63) is 57.8 Å². The standard InChI is InChI=1S/C18H15N5O2S/c1-11-19-15-7-6-12(10-16(15)26-11)20-17(24)8-9-23-18(25)13-4-2-3-5-14(13)21-22-23/h2-7,10H,8-9H2,1H3,(H,20,24). The van der Waals surface area contributed by atoms with Crippen LogP contribution in [-0.4, -0.2) is 25.9 Å². The van der Waals surface area contributed by atoms with Gasteiger partial charge < -0.3 is 5.32 Å². The summed E-state index contributed by atoms with van der Waals surface area (Å²) in [5.41, 5.74) is 1.93. The van der Waals surface area contributed by atoms with Crippen LogP contribution in [0.15, 0.2) is 47.3 Å². The van der Waals surface area contributed by atoms with Gasteiger partial charge in [-0.05, 0) is 37.3 Å². The predicted octanol–water partition coefficient (Wildman–Crippen LogP) is 2.74. The maximum Gasteiger partial charge on any atom is 0.277 e. The maximum absolute atomic E-state index is 12.4. The van der Waals surface area contributed by atoms with Gasteiger partial charge in [0.25, 0.3) is 5.56 Å². The monoisotopic (exact) mass is 365 g/mol. The number of nitrogens with zero attached hydrogens (tertiary/aromatic N) is 4. The largest absolute Gasteiger partial charge is 0.326 e. The number of hydrogen-bond donors (Lipinski definition) is 1. The average molecular weight is 365 g/mol. The Morgan fingerprint density at radius 1 is 1.19 bits per heavy atom. The Bertz CT molecular complexity index is 1180. The first-order chi connectivity index (χ1) is 12.6. The lowest BCUT2D eigenvalue weighted by Gasteiger charge is -2.06. The van der Waals surface area contributed by atoms with Crippen LogP contribution in [0.2, 0.25) is 0 Å². The first-order valence-electron chi connectivity index (χ1n) is 8.10. The SMILES string of the molecule is Cc1nc2ccc(NC(=O)CCn3nnc4ccccc4c3=O)cc2s1. The zero-order valence-corrected chi connectivity index (χ0v) is 14.8. The van der Waals surface area contributed by atoms with Gasteiger partial charge in [0.15, 0.2) is 0 Å². The first kappa shape index (κ1) is 16.3. The molecule has 0 bridgehead atoms. The molecule has 1 N–H and O–H groups in total. The minimum Gasteiger partial charge on any atom is -0.326 e. The molecule has 4 aromatic rings. The third kappa shape index (κ3) is 3.18. The summed E-state index contributed by atoms with van der Waals surface area (Å²) < 4.78 is 2.24. The topological polar surface area (TPSA) is 89.8 Å². The zero-order valence-electron chi connectivity index (χ0n) is 14.0. The van der Waals surface area contributed by atoms with Crippen LogP contribution in [0, 0.1) is 6.92 Å². The van der Waals surface area contributed by atoms with Crippen LogP contribution >= 0.6 is 11.3 Å². The molecule has 0 unspecified atom stereocenters. The number of benzene rings is 2. The second-order valence-electron chi connectivity index (χ2n) is 5.85. The molecule has 1 amide bonds. The number of carbonyl (C=O) groups is 1. The van der Waals surface area contributed by atoms with E-state index in [2.05, 4.69) is 20.6 Å². The summed E-state index contributed by atoms with van der Waals surface area (Å²) in [7, 11) is 0. The number of anilines is 1. The van der Waals surface area contributed by atoms with Crippen LogP contribution in [0.25, 0.3) is 21.1 Å². The summed E-state index contributed by atoms with van der Waals surface area (Å²) in [6.07, 6.45) is 0.132. The van der Waals surface area contributed by atoms with Crippen molar-refractivity contribution in [2.75, 3.05) is 5.32 Å². The lowest BCUT2D eigenvalue weighted by Crippen LogP contribution is -2.26. The molecule has 7 nitrogen and oxygen atoms in total. The molecule has 0 fully saturated rings. The Kier molecular flexibility index (Phi) is 4.18. The fraction of sp³-hybridized carbons (Fsp3) is 0.167. The first-order valence-corrected chi connectivity index (χ1v) is 8.91. The molecule has 0 aliphatic rings. The molecule has 0 spiro atoms. The van der Waals surface area contributed by atoms with Crippen molar-refractivity contribution in [3.63, 3.8) is 0 Å². The van der Waals surface area contributed by atoms with E-state index in [1.165, 1.54) is 4.68 Å². The van der Waals surface area contributed by atoms with Crippen molar-refractivity contribution >= 4 is 44.1 Å². The van der Waals surface area contributed by atoms with E-state index in [0.29, 0.717) is 16.6 Å². The Hall–Kier alpha value is -3.13. The quantitative estimate of drug-likeness (QED) is 0.601. The Labute approximate surface area is 152 Å². The lowest BCUT2D eigenvalue weighted by atomic mass is 10.2. The minimum absolute atomic E-state index is 0.132. The molecule has 130 valence electrons. The van der Waals surface area contributed by atoms with Gasteiger partial charge >= 0.3 is 0 Å². The molecule has 0 aliphatic carbocycles. The fourth-order valence-electron chi connectivity index (χ4n) is 2.72. The molecule has 0 atom stereocenters. The highest BCUT2D eigenvalue weighted by molar-refractivity contribution is 7.18. The van der Waals surface area contributed by atoms with Gasteiger partial charge in [-0.1, -0.05) is 17.3 Å². The number of hydrogen-bond acceptors (Lipinski definition) is 6. The third-order valence-electron chi connectivity index (χ3n) is 3.96. The summed E-state index contributed by atoms with van der Waals surface area (Å²) >= 11 is 1.58. The van der Waals surface area contributed by atoms with Crippen LogP contribution in [0.1, 0.15) is 11.4 Å². The van der Waals surface area contributed by atoms with Crippen molar-refractivity contribution in [1.29, 1.82) is 0 Å². The summed E-state index contributed by atoms with van der Waals surface area (Å²) in [6, 6.07) is 12.6. The number of amides is 1. The molecule has 8 heteroatoms. The maximum atomic E-state index is 12.4. The van der Waals surface area contributed by atoms with E-state index in [4.69, 9.17) is 0 Å². The van der Waals surface area contributed by atoms with E-state index < -0.39 is 0 Å². The van der Waals surface area contributed by atoms with Gasteiger partial charge in [0.2, 0.25) is 5.91 Å². The van der Waals surface area contributed by atoms with Crippen molar-refractivity contribution in [1.82, 2.24) is 20.0 Å². The number of carbonyl (C=O) groups excluding carboxylic acids is 1. The zero-order chi connectivity index (χ0) is 18.1. The van der Waals surface area contributed by atoms with Crippen molar-refractivity contribution in [3.8, 4) is 0 Å². The highest BCUT2D eigenvalue weighted by atomic mass is 32.1. The van der Waals surface area contributed by atoms with Gasteiger partial charge in [-0.15, -0.1) is 16.4 Å². The molecule has 0 saturated heterocycles. The predicted molar refractivity (Wildman–Crippen MR) is 101 cm³/mol. The fourth-order valence-corrected chi connectivity index (χ4v) is 3.58. The van der Waals surface area contributed by atoms with Gasteiger partial charge in [-0.2, -0.15) is 0 Å². The number of nitrogens with one attached hydrogen (secondary N) is 1. The number of aromatic nitrogens is 4. The Morgan fingerprint density at radius 3 is 2.92 bits per heavy atom. The van der Waals surface area contributed by atoms with Crippen molar-refractivity contribution in [2.45, 2.75) is 19.9 Å². The number of fused-ring (bicyclic) bond motifs is 2. The van der Waals surface area contributed by atoms with Crippen molar-refractivity contribution < 1.29 is 4.79 Å². The van der Waals surface area contributed by atoms with E-state index >= 15 is 0 Å². The van der Waals surface area contributed by atoms with Gasteiger partial charge in [0.05, 0.1) is 27.2 Å². The molecule has 26 heavy (non-hydrogen) atoms. The highest BCUT2D eigenvalue weighted by Gasteiger charge is 2.09. The average Bonchev–Trinajstić information content (AvgIpc) is 3.01. The molecule has 2 heterocycles. The summed E-state index contributed by atoms with van der Waals surface area (Å²) in [6.45, 7) is 2.12. The molecule has 2 aromatic heterocycles. The molecule has 0 radical (unpaired) electrons. The molecule has 4 rings (SSSR count).